The summed E-state index contributed by atoms with van der Waals surface area (Å²) < 4.78 is 15.2. The number of fused-ring (bicyclic) bond motifs is 7. The maximum atomic E-state index is 6.49. The molecular formula is C30H16BNO2. The Balaban J connectivity index is 1.45. The summed E-state index contributed by atoms with van der Waals surface area (Å²) in [5, 5.41) is 2.45. The third kappa shape index (κ3) is 2.28. The number of benzene rings is 4. The molecule has 34 heavy (non-hydrogen) atoms. The number of ether oxygens (including phenoxy) is 2. The standard InChI is InChI=1S/C30H16BNO2/c1-5-13-24-20(9-1)21-10-2-6-14-25(21)32(24)19-17-28-30-29(18-19)34-27-16-8-4-12-23(27)31(30)22-11-3-7-15-26(22)33-28/h1-7,9-15,17-18H. The van der Waals surface area contributed by atoms with Gasteiger partial charge in [0.15, 0.2) is 5.75 Å². The topological polar surface area (TPSA) is 23.4 Å². The molecule has 4 heteroatoms. The summed E-state index contributed by atoms with van der Waals surface area (Å²) in [5.41, 5.74) is 6.61. The maximum Gasteiger partial charge on any atom is 0.261 e. The molecule has 0 bridgehead atoms. The van der Waals surface area contributed by atoms with Crippen molar-refractivity contribution < 1.29 is 9.47 Å². The Morgan fingerprint density at radius 1 is 0.647 bits per heavy atom. The molecule has 0 unspecified atom stereocenters. The van der Waals surface area contributed by atoms with Crippen LogP contribution >= 0.6 is 0 Å². The van der Waals surface area contributed by atoms with Crippen molar-refractivity contribution in [2.24, 2.45) is 0 Å². The van der Waals surface area contributed by atoms with Crippen molar-refractivity contribution in [2.45, 2.75) is 0 Å². The molecule has 0 spiro atoms. The number of aromatic nitrogens is 1. The maximum absolute atomic E-state index is 6.49. The van der Waals surface area contributed by atoms with Crippen molar-refractivity contribution >= 4 is 44.9 Å². The molecule has 8 rings (SSSR count). The second-order valence-electron chi connectivity index (χ2n) is 8.79. The number of para-hydroxylation sites is 3. The van der Waals surface area contributed by atoms with Crippen molar-refractivity contribution in [3.05, 3.63) is 109 Å². The van der Waals surface area contributed by atoms with E-state index in [1.165, 1.54) is 10.8 Å². The van der Waals surface area contributed by atoms with E-state index in [0.717, 1.165) is 56.1 Å². The molecular weight excluding hydrogens is 417 g/mol. The van der Waals surface area contributed by atoms with Gasteiger partial charge in [-0.05, 0) is 41.3 Å². The predicted octanol–water partition coefficient (Wildman–Crippen LogP) is 5.11. The van der Waals surface area contributed by atoms with E-state index >= 15 is 0 Å². The van der Waals surface area contributed by atoms with Gasteiger partial charge in [-0.15, -0.1) is 0 Å². The quantitative estimate of drug-likeness (QED) is 0.336. The second kappa shape index (κ2) is 6.46. The van der Waals surface area contributed by atoms with Crippen LogP contribution < -0.4 is 25.9 Å². The van der Waals surface area contributed by atoms with Gasteiger partial charge < -0.3 is 14.0 Å². The highest BCUT2D eigenvalue weighted by molar-refractivity contribution is 6.98. The Labute approximate surface area is 196 Å². The summed E-state index contributed by atoms with van der Waals surface area (Å²) in [6.07, 6.45) is 0. The van der Waals surface area contributed by atoms with Crippen LogP contribution in [0.15, 0.2) is 97.1 Å². The van der Waals surface area contributed by atoms with Gasteiger partial charge in [-0.2, -0.15) is 0 Å². The van der Waals surface area contributed by atoms with Gasteiger partial charge in [-0.25, -0.2) is 0 Å². The zero-order valence-corrected chi connectivity index (χ0v) is 18.1. The van der Waals surface area contributed by atoms with Crippen molar-refractivity contribution in [1.29, 1.82) is 0 Å². The van der Waals surface area contributed by atoms with Gasteiger partial charge in [0.25, 0.3) is 6.71 Å². The van der Waals surface area contributed by atoms with Gasteiger partial charge in [0, 0.05) is 28.4 Å². The van der Waals surface area contributed by atoms with Crippen LogP contribution in [0.2, 0.25) is 0 Å². The zero-order valence-electron chi connectivity index (χ0n) is 18.1. The summed E-state index contributed by atoms with van der Waals surface area (Å²) in [7, 11) is 0. The Kier molecular flexibility index (Phi) is 3.40. The normalized spacial score (nSPS) is 12.9. The van der Waals surface area contributed by atoms with Gasteiger partial charge in [-0.3, -0.25) is 0 Å². The van der Waals surface area contributed by atoms with E-state index in [1.807, 2.05) is 18.2 Å². The molecule has 2 aliphatic heterocycles. The Hall–Kier alpha value is -4.62. The number of nitrogens with zero attached hydrogens (tertiary/aromatic N) is 1. The lowest BCUT2D eigenvalue weighted by Crippen LogP contribution is -2.57. The van der Waals surface area contributed by atoms with E-state index < -0.39 is 0 Å². The van der Waals surface area contributed by atoms with E-state index in [9.17, 15) is 0 Å². The molecule has 0 amide bonds. The lowest BCUT2D eigenvalue weighted by atomic mass is 9.35. The highest BCUT2D eigenvalue weighted by atomic mass is 16.5. The SMILES string of the molecule is c1ccc2c(c#1)Oc1cc(-n3c4ccccc4c4ccccc43)cc3c1B2c1ccccc1O3. The Morgan fingerprint density at radius 2 is 1.32 bits per heavy atom. The molecule has 0 saturated heterocycles. The monoisotopic (exact) mass is 433 g/mol. The highest BCUT2D eigenvalue weighted by Gasteiger charge is 2.40. The lowest BCUT2D eigenvalue weighted by Gasteiger charge is -2.32. The first kappa shape index (κ1) is 17.9. The van der Waals surface area contributed by atoms with Gasteiger partial charge in [0.05, 0.1) is 16.7 Å². The fourth-order valence-electron chi connectivity index (χ4n) is 5.59. The average molecular weight is 433 g/mol. The van der Waals surface area contributed by atoms with Crippen LogP contribution in [-0.4, -0.2) is 11.3 Å². The Bertz CT molecular complexity index is 1660. The number of hydrogen-bond acceptors (Lipinski definition) is 2. The number of rotatable bonds is 1. The van der Waals surface area contributed by atoms with Crippen LogP contribution in [0, 0.1) is 12.1 Å². The molecule has 3 heterocycles. The minimum atomic E-state index is 0.0387. The van der Waals surface area contributed by atoms with E-state index in [1.54, 1.807) is 0 Å². The molecule has 2 aliphatic rings. The molecule has 3 nitrogen and oxygen atoms in total. The fraction of sp³-hybridized carbons (Fsp3) is 0. The predicted molar refractivity (Wildman–Crippen MR) is 136 cm³/mol. The fourth-order valence-corrected chi connectivity index (χ4v) is 5.59. The molecule has 0 atom stereocenters. The van der Waals surface area contributed by atoms with Crippen LogP contribution in [0.5, 0.6) is 23.0 Å². The van der Waals surface area contributed by atoms with Crippen molar-refractivity contribution in [3.63, 3.8) is 0 Å². The second-order valence-corrected chi connectivity index (χ2v) is 8.79. The van der Waals surface area contributed by atoms with Gasteiger partial charge in [0.2, 0.25) is 0 Å². The summed E-state index contributed by atoms with van der Waals surface area (Å²) in [6.45, 7) is 0.0387. The van der Waals surface area contributed by atoms with Crippen LogP contribution in [0.1, 0.15) is 0 Å². The highest BCUT2D eigenvalue weighted by Crippen LogP contribution is 2.38. The van der Waals surface area contributed by atoms with Crippen LogP contribution in [0.25, 0.3) is 27.5 Å². The van der Waals surface area contributed by atoms with E-state index in [-0.39, 0.29) is 6.71 Å². The number of hydrogen-bond donors (Lipinski definition) is 0. The minimum absolute atomic E-state index is 0.0387. The molecule has 0 fully saturated rings. The third-order valence-electron chi connectivity index (χ3n) is 6.98. The van der Waals surface area contributed by atoms with E-state index in [2.05, 4.69) is 95.6 Å². The van der Waals surface area contributed by atoms with Gasteiger partial charge in [-0.1, -0.05) is 66.7 Å². The van der Waals surface area contributed by atoms with E-state index in [4.69, 9.17) is 9.47 Å². The van der Waals surface area contributed by atoms with Gasteiger partial charge >= 0.3 is 0 Å². The summed E-state index contributed by atoms with van der Waals surface area (Å²) in [6, 6.07) is 39.8. The molecule has 156 valence electrons. The zero-order chi connectivity index (χ0) is 22.2. The van der Waals surface area contributed by atoms with Crippen LogP contribution in [-0.2, 0) is 0 Å². The first-order valence-corrected chi connectivity index (χ1v) is 11.4. The average Bonchev–Trinajstić information content (AvgIpc) is 3.23. The molecule has 0 saturated carbocycles. The van der Waals surface area contributed by atoms with Crippen molar-refractivity contribution in [2.75, 3.05) is 0 Å². The molecule has 0 N–H and O–H groups in total. The molecule has 0 aliphatic carbocycles. The summed E-state index contributed by atoms with van der Waals surface area (Å²) in [5.74, 6) is 3.24. The van der Waals surface area contributed by atoms with E-state index in [0.29, 0.717) is 0 Å². The third-order valence-corrected chi connectivity index (χ3v) is 6.98. The summed E-state index contributed by atoms with van der Waals surface area (Å²) in [4.78, 5) is 0. The Morgan fingerprint density at radius 3 is 2.12 bits per heavy atom. The first-order chi connectivity index (χ1) is 16.9. The van der Waals surface area contributed by atoms with Crippen molar-refractivity contribution in [1.82, 2.24) is 4.57 Å². The van der Waals surface area contributed by atoms with Crippen LogP contribution in [0.4, 0.5) is 0 Å². The van der Waals surface area contributed by atoms with Gasteiger partial charge in [0.1, 0.15) is 17.2 Å². The van der Waals surface area contributed by atoms with Crippen molar-refractivity contribution in [3.8, 4) is 28.7 Å². The largest absolute Gasteiger partial charge is 0.458 e. The smallest absolute Gasteiger partial charge is 0.261 e. The minimum Gasteiger partial charge on any atom is -0.458 e. The summed E-state index contributed by atoms with van der Waals surface area (Å²) >= 11 is 0. The molecule has 6 aromatic rings. The molecule has 5 aromatic carbocycles. The first-order valence-electron chi connectivity index (χ1n) is 11.4. The molecule has 0 radical (unpaired) electrons. The lowest BCUT2D eigenvalue weighted by molar-refractivity contribution is 0.464. The van der Waals surface area contributed by atoms with Crippen LogP contribution in [0.3, 0.4) is 0 Å². The molecule has 1 aromatic heterocycles.